The molecule has 1 aliphatic rings. The average molecular weight is 294 g/mol. The predicted octanol–water partition coefficient (Wildman–Crippen LogP) is 3.56. The molecule has 3 nitrogen and oxygen atoms in total. The van der Waals surface area contributed by atoms with Crippen LogP contribution in [0.25, 0.3) is 0 Å². The summed E-state index contributed by atoms with van der Waals surface area (Å²) >= 11 is 0. The maximum absolute atomic E-state index is 12.7. The minimum Gasteiger partial charge on any atom is -0.469 e. The van der Waals surface area contributed by atoms with Crippen molar-refractivity contribution in [3.63, 3.8) is 0 Å². The number of fused-ring (bicyclic) bond motifs is 2. The Morgan fingerprint density at radius 2 is 1.55 bits per heavy atom. The van der Waals surface area contributed by atoms with E-state index in [2.05, 4.69) is 0 Å². The molecule has 0 heterocycles. The van der Waals surface area contributed by atoms with Gasteiger partial charge in [-0.25, -0.2) is 0 Å². The largest absolute Gasteiger partial charge is 0.469 e. The summed E-state index contributed by atoms with van der Waals surface area (Å²) in [7, 11) is 1.40. The Kier molecular flexibility index (Phi) is 3.80. The van der Waals surface area contributed by atoms with Gasteiger partial charge >= 0.3 is 5.97 Å². The van der Waals surface area contributed by atoms with Crippen LogP contribution in [0.2, 0.25) is 0 Å². The van der Waals surface area contributed by atoms with E-state index in [0.717, 1.165) is 22.3 Å². The smallest absolute Gasteiger partial charge is 0.305 e. The van der Waals surface area contributed by atoms with E-state index in [1.165, 1.54) is 7.11 Å². The maximum atomic E-state index is 12.7. The number of esters is 1. The lowest BCUT2D eigenvalue weighted by molar-refractivity contribution is -0.141. The summed E-state index contributed by atoms with van der Waals surface area (Å²) in [6.07, 6.45) is 0.331. The molecule has 0 aliphatic heterocycles. The Bertz CT molecular complexity index is 683. The van der Waals surface area contributed by atoms with Crippen molar-refractivity contribution in [1.29, 1.82) is 0 Å². The van der Waals surface area contributed by atoms with Crippen LogP contribution in [0.15, 0.2) is 48.5 Å². The van der Waals surface area contributed by atoms with Crippen molar-refractivity contribution in [2.24, 2.45) is 5.92 Å². The third-order valence-electron chi connectivity index (χ3n) is 4.37. The minimum absolute atomic E-state index is 0.0317. The van der Waals surface area contributed by atoms with Crippen LogP contribution in [0.1, 0.15) is 46.3 Å². The minimum atomic E-state index is -0.223. The molecule has 0 N–H and O–H groups in total. The number of ether oxygens (including phenoxy) is 1. The Hall–Kier alpha value is -2.42. The van der Waals surface area contributed by atoms with Crippen molar-refractivity contribution in [2.45, 2.75) is 19.3 Å². The highest BCUT2D eigenvalue weighted by molar-refractivity contribution is 6.12. The van der Waals surface area contributed by atoms with E-state index in [9.17, 15) is 9.59 Å². The number of benzene rings is 2. The zero-order valence-electron chi connectivity index (χ0n) is 12.7. The fourth-order valence-electron chi connectivity index (χ4n) is 3.34. The summed E-state index contributed by atoms with van der Waals surface area (Å²) in [5, 5.41) is 0. The summed E-state index contributed by atoms with van der Waals surface area (Å²) in [6, 6.07) is 15.4. The Labute approximate surface area is 129 Å². The van der Waals surface area contributed by atoms with Crippen LogP contribution in [0.4, 0.5) is 0 Å². The van der Waals surface area contributed by atoms with Crippen molar-refractivity contribution >= 4 is 11.8 Å². The van der Waals surface area contributed by atoms with Crippen LogP contribution < -0.4 is 0 Å². The lowest BCUT2D eigenvalue weighted by Gasteiger charge is -2.31. The molecule has 0 aromatic heterocycles. The van der Waals surface area contributed by atoms with Crippen molar-refractivity contribution < 1.29 is 14.3 Å². The fourth-order valence-corrected chi connectivity index (χ4v) is 3.34. The second-order valence-corrected chi connectivity index (χ2v) is 5.74. The third kappa shape index (κ3) is 2.33. The van der Waals surface area contributed by atoms with Crippen LogP contribution in [0.3, 0.4) is 0 Å². The van der Waals surface area contributed by atoms with Gasteiger partial charge in [-0.2, -0.15) is 0 Å². The van der Waals surface area contributed by atoms with E-state index >= 15 is 0 Å². The van der Waals surface area contributed by atoms with Crippen LogP contribution in [0, 0.1) is 5.92 Å². The lowest BCUT2D eigenvalue weighted by atomic mass is 9.71. The molecule has 2 aromatic carbocycles. The molecule has 0 saturated heterocycles. The SMILES string of the molecule is COC(=O)CC(C)C1c2ccccc2C(=O)c2ccccc21. The number of carbonyl (C=O) groups is 2. The van der Waals surface area contributed by atoms with Gasteiger partial charge in [-0.15, -0.1) is 0 Å². The van der Waals surface area contributed by atoms with Gasteiger partial charge in [0.15, 0.2) is 5.78 Å². The van der Waals surface area contributed by atoms with Gasteiger partial charge in [0.2, 0.25) is 0 Å². The lowest BCUT2D eigenvalue weighted by Crippen LogP contribution is -2.25. The van der Waals surface area contributed by atoms with Gasteiger partial charge in [0.1, 0.15) is 0 Å². The topological polar surface area (TPSA) is 43.4 Å². The highest BCUT2D eigenvalue weighted by atomic mass is 16.5. The Morgan fingerprint density at radius 1 is 1.05 bits per heavy atom. The van der Waals surface area contributed by atoms with E-state index in [0.29, 0.717) is 6.42 Å². The molecule has 112 valence electrons. The molecule has 0 saturated carbocycles. The van der Waals surface area contributed by atoms with Gasteiger partial charge in [0, 0.05) is 23.5 Å². The molecule has 0 fully saturated rings. The predicted molar refractivity (Wildman–Crippen MR) is 84.0 cm³/mol. The van der Waals surface area contributed by atoms with Gasteiger partial charge in [-0.05, 0) is 17.0 Å². The first kappa shape index (κ1) is 14.5. The van der Waals surface area contributed by atoms with E-state index in [1.54, 1.807) is 0 Å². The number of hydrogen-bond acceptors (Lipinski definition) is 3. The zero-order chi connectivity index (χ0) is 15.7. The fraction of sp³-hybridized carbons (Fsp3) is 0.263. The maximum Gasteiger partial charge on any atom is 0.305 e. The molecular weight excluding hydrogens is 276 g/mol. The number of ketones is 1. The highest BCUT2D eigenvalue weighted by Crippen LogP contribution is 2.41. The molecule has 0 amide bonds. The summed E-state index contributed by atoms with van der Waals surface area (Å²) in [6.45, 7) is 2.03. The second-order valence-electron chi connectivity index (χ2n) is 5.74. The van der Waals surface area contributed by atoms with Crippen molar-refractivity contribution in [3.05, 3.63) is 70.8 Å². The van der Waals surface area contributed by atoms with Crippen LogP contribution in [-0.4, -0.2) is 18.9 Å². The van der Waals surface area contributed by atoms with E-state index < -0.39 is 0 Å². The average Bonchev–Trinajstić information content (AvgIpc) is 2.55. The Morgan fingerprint density at radius 3 is 2.05 bits per heavy atom. The number of methoxy groups -OCH3 is 1. The quantitative estimate of drug-likeness (QED) is 0.813. The van der Waals surface area contributed by atoms with Crippen LogP contribution in [-0.2, 0) is 9.53 Å². The van der Waals surface area contributed by atoms with Crippen LogP contribution >= 0.6 is 0 Å². The highest BCUT2D eigenvalue weighted by Gasteiger charge is 2.34. The van der Waals surface area contributed by atoms with Crippen molar-refractivity contribution in [3.8, 4) is 0 Å². The molecule has 1 atom stereocenters. The van der Waals surface area contributed by atoms with E-state index in [4.69, 9.17) is 4.74 Å². The number of rotatable bonds is 3. The van der Waals surface area contributed by atoms with Gasteiger partial charge < -0.3 is 4.74 Å². The van der Waals surface area contributed by atoms with Gasteiger partial charge in [-0.1, -0.05) is 55.5 Å². The third-order valence-corrected chi connectivity index (χ3v) is 4.37. The molecule has 3 rings (SSSR count). The monoisotopic (exact) mass is 294 g/mol. The zero-order valence-corrected chi connectivity index (χ0v) is 12.7. The summed E-state index contributed by atoms with van der Waals surface area (Å²) in [5.74, 6) is -0.0702. The molecule has 3 heteroatoms. The molecule has 0 radical (unpaired) electrons. The summed E-state index contributed by atoms with van der Waals surface area (Å²) in [5.41, 5.74) is 3.48. The normalized spacial score (nSPS) is 14.9. The number of hydrogen-bond donors (Lipinski definition) is 0. The molecule has 22 heavy (non-hydrogen) atoms. The molecule has 2 aromatic rings. The van der Waals surface area contributed by atoms with E-state index in [1.807, 2.05) is 55.5 Å². The molecular formula is C19H18O3. The second kappa shape index (κ2) is 5.76. The Balaban J connectivity index is 2.12. The first-order valence-corrected chi connectivity index (χ1v) is 7.43. The van der Waals surface area contributed by atoms with Gasteiger partial charge in [0.05, 0.1) is 7.11 Å². The summed E-state index contributed by atoms with van der Waals surface area (Å²) in [4.78, 5) is 24.3. The summed E-state index contributed by atoms with van der Waals surface area (Å²) < 4.78 is 4.80. The molecule has 1 unspecified atom stereocenters. The number of carbonyl (C=O) groups excluding carboxylic acids is 2. The first-order chi connectivity index (χ1) is 10.6. The van der Waals surface area contributed by atoms with E-state index in [-0.39, 0.29) is 23.6 Å². The molecule has 0 spiro atoms. The standard InChI is InChI=1S/C19H18O3/c1-12(11-17(20)22-2)18-13-7-3-5-9-15(13)19(21)16-10-6-4-8-14(16)18/h3-10,12,18H,11H2,1-2H3. The van der Waals surface area contributed by atoms with Gasteiger partial charge in [-0.3, -0.25) is 9.59 Å². The first-order valence-electron chi connectivity index (χ1n) is 7.43. The van der Waals surface area contributed by atoms with Crippen LogP contribution in [0.5, 0.6) is 0 Å². The van der Waals surface area contributed by atoms with Crippen molar-refractivity contribution in [2.75, 3.05) is 7.11 Å². The van der Waals surface area contributed by atoms with Crippen molar-refractivity contribution in [1.82, 2.24) is 0 Å². The molecule has 1 aliphatic carbocycles. The van der Waals surface area contributed by atoms with Gasteiger partial charge in [0.25, 0.3) is 0 Å². The molecule has 0 bridgehead atoms.